The van der Waals surface area contributed by atoms with Crippen LogP contribution in [-0.4, -0.2) is 34.3 Å². The minimum atomic E-state index is -0.976. The molecule has 2 bridgehead atoms. The van der Waals surface area contributed by atoms with E-state index in [0.717, 1.165) is 12.8 Å². The summed E-state index contributed by atoms with van der Waals surface area (Å²) in [7, 11) is 0. The van der Waals surface area contributed by atoms with Crippen molar-refractivity contribution in [2.75, 3.05) is 0 Å². The standard InChI is InChI=1S/C24H29NO5/c1-21-6-4-14(26)19-20(29)12(9-23(19,21)11-25)17-13-3-7-24(8-5-16(28)30-24)22(13,2)10-15(27)18(17)21/h12-13,15,17-19,27H,3-10H2,1-2H3/t12?,13?,15?,17?,18?,19?,21-,22+,23?,24-/m1/s1. The molecule has 0 aromatic rings. The summed E-state index contributed by atoms with van der Waals surface area (Å²) in [5.74, 6) is -1.52. The normalized spacial score (nSPS) is 58.4. The van der Waals surface area contributed by atoms with Crippen molar-refractivity contribution < 1.29 is 24.2 Å². The van der Waals surface area contributed by atoms with Crippen molar-refractivity contribution in [2.45, 2.75) is 76.9 Å². The zero-order valence-electron chi connectivity index (χ0n) is 17.6. The van der Waals surface area contributed by atoms with E-state index in [1.165, 1.54) is 0 Å². The first-order chi connectivity index (χ1) is 14.1. The number of aliphatic hydroxyl groups excluding tert-OH is 1. The maximum Gasteiger partial charge on any atom is 0.306 e. The van der Waals surface area contributed by atoms with E-state index in [0.29, 0.717) is 38.5 Å². The Morgan fingerprint density at radius 2 is 1.83 bits per heavy atom. The van der Waals surface area contributed by atoms with Gasteiger partial charge in [-0.2, -0.15) is 5.26 Å². The van der Waals surface area contributed by atoms with E-state index in [9.17, 15) is 24.8 Å². The number of aliphatic hydroxyl groups is 1. The Bertz CT molecular complexity index is 938. The molecular formula is C24H29NO5. The van der Waals surface area contributed by atoms with Crippen molar-refractivity contribution in [3.05, 3.63) is 0 Å². The molecule has 6 aliphatic rings. The molecule has 6 heteroatoms. The lowest BCUT2D eigenvalue weighted by molar-refractivity contribution is -0.213. The molecule has 6 rings (SSSR count). The Morgan fingerprint density at radius 3 is 2.50 bits per heavy atom. The second-order valence-corrected chi connectivity index (χ2v) is 11.5. The first kappa shape index (κ1) is 19.0. The summed E-state index contributed by atoms with van der Waals surface area (Å²) in [5, 5.41) is 21.9. The highest BCUT2D eigenvalue weighted by Crippen LogP contribution is 2.76. The lowest BCUT2D eigenvalue weighted by Gasteiger charge is -2.64. The molecule has 6 nitrogen and oxygen atoms in total. The van der Waals surface area contributed by atoms with Crippen LogP contribution in [0, 0.1) is 57.2 Å². The molecule has 30 heavy (non-hydrogen) atoms. The van der Waals surface area contributed by atoms with Crippen LogP contribution in [0.2, 0.25) is 0 Å². The second-order valence-electron chi connectivity index (χ2n) is 11.5. The van der Waals surface area contributed by atoms with Gasteiger partial charge in [-0.25, -0.2) is 0 Å². The van der Waals surface area contributed by atoms with Crippen molar-refractivity contribution in [1.29, 1.82) is 5.26 Å². The molecule has 0 aromatic carbocycles. The average molecular weight is 411 g/mol. The molecule has 7 unspecified atom stereocenters. The summed E-state index contributed by atoms with van der Waals surface area (Å²) < 4.78 is 5.94. The highest BCUT2D eigenvalue weighted by atomic mass is 16.6. The number of esters is 1. The van der Waals surface area contributed by atoms with E-state index < -0.39 is 28.5 Å². The number of carbonyl (C=O) groups excluding carboxylic acids is 3. The van der Waals surface area contributed by atoms with Gasteiger partial charge in [0.05, 0.1) is 23.5 Å². The van der Waals surface area contributed by atoms with Gasteiger partial charge in [-0.1, -0.05) is 13.8 Å². The van der Waals surface area contributed by atoms with Crippen molar-refractivity contribution in [1.82, 2.24) is 0 Å². The summed E-state index contributed by atoms with van der Waals surface area (Å²) in [6.45, 7) is 4.21. The second kappa shape index (κ2) is 5.35. The molecule has 5 aliphatic carbocycles. The Labute approximate surface area is 176 Å². The van der Waals surface area contributed by atoms with Gasteiger partial charge in [0.2, 0.25) is 0 Å². The Morgan fingerprint density at radius 1 is 1.07 bits per heavy atom. The number of hydrogen-bond donors (Lipinski definition) is 1. The molecule has 0 aromatic heterocycles. The summed E-state index contributed by atoms with van der Waals surface area (Å²) in [6.07, 6.45) is 3.95. The van der Waals surface area contributed by atoms with E-state index in [-0.39, 0.29) is 46.6 Å². The molecule has 10 atom stereocenters. The number of hydrogen-bond acceptors (Lipinski definition) is 6. The topological polar surface area (TPSA) is 104 Å². The van der Waals surface area contributed by atoms with E-state index in [2.05, 4.69) is 19.9 Å². The number of Topliss-reactive ketones (excluding diaryl/α,β-unsaturated/α-hetero) is 2. The van der Waals surface area contributed by atoms with Gasteiger partial charge in [-0.3, -0.25) is 14.4 Å². The monoisotopic (exact) mass is 411 g/mol. The molecule has 6 fully saturated rings. The van der Waals surface area contributed by atoms with Crippen LogP contribution >= 0.6 is 0 Å². The molecule has 1 aliphatic heterocycles. The number of fused-ring (bicyclic) bond motifs is 7. The fraction of sp³-hybridized carbons (Fsp3) is 0.833. The predicted molar refractivity (Wildman–Crippen MR) is 103 cm³/mol. The van der Waals surface area contributed by atoms with Crippen LogP contribution in [0.25, 0.3) is 0 Å². The molecule has 0 amide bonds. The summed E-state index contributed by atoms with van der Waals surface area (Å²) in [4.78, 5) is 38.5. The molecule has 1 N–H and O–H groups in total. The third kappa shape index (κ3) is 1.74. The molecular weight excluding hydrogens is 382 g/mol. The molecule has 5 saturated carbocycles. The van der Waals surface area contributed by atoms with Crippen molar-refractivity contribution >= 4 is 17.5 Å². The van der Waals surface area contributed by atoms with Gasteiger partial charge >= 0.3 is 5.97 Å². The number of ether oxygens (including phenoxy) is 1. The molecule has 1 spiro atoms. The Kier molecular flexibility index (Phi) is 3.39. The van der Waals surface area contributed by atoms with Crippen LogP contribution in [-0.2, 0) is 19.1 Å². The number of ketones is 2. The first-order valence-corrected chi connectivity index (χ1v) is 11.5. The van der Waals surface area contributed by atoms with Crippen LogP contribution in [0.4, 0.5) is 0 Å². The quantitative estimate of drug-likeness (QED) is 0.485. The molecule has 0 radical (unpaired) electrons. The lowest BCUT2D eigenvalue weighted by atomic mass is 9.39. The van der Waals surface area contributed by atoms with Gasteiger partial charge in [0.25, 0.3) is 0 Å². The highest BCUT2D eigenvalue weighted by molar-refractivity contribution is 6.07. The zero-order chi connectivity index (χ0) is 21.3. The molecule has 160 valence electrons. The van der Waals surface area contributed by atoms with E-state index in [1.807, 2.05) is 0 Å². The maximum absolute atomic E-state index is 13.6. The number of rotatable bonds is 0. The minimum absolute atomic E-state index is 0.0488. The minimum Gasteiger partial charge on any atom is -0.458 e. The van der Waals surface area contributed by atoms with Crippen LogP contribution in [0.3, 0.4) is 0 Å². The largest absolute Gasteiger partial charge is 0.458 e. The van der Waals surface area contributed by atoms with Gasteiger partial charge in [-0.15, -0.1) is 0 Å². The fourth-order valence-electron chi connectivity index (χ4n) is 9.73. The number of carbonyl (C=O) groups is 3. The lowest BCUT2D eigenvalue weighted by Crippen LogP contribution is -2.65. The van der Waals surface area contributed by atoms with Gasteiger partial charge < -0.3 is 9.84 Å². The predicted octanol–water partition coefficient (Wildman–Crippen LogP) is 2.57. The Balaban J connectivity index is 1.52. The molecule has 1 saturated heterocycles. The van der Waals surface area contributed by atoms with Crippen LogP contribution in [0.15, 0.2) is 0 Å². The van der Waals surface area contributed by atoms with E-state index in [1.54, 1.807) is 0 Å². The van der Waals surface area contributed by atoms with Crippen LogP contribution < -0.4 is 0 Å². The van der Waals surface area contributed by atoms with Crippen molar-refractivity contribution in [2.24, 2.45) is 45.8 Å². The van der Waals surface area contributed by atoms with Crippen LogP contribution in [0.5, 0.6) is 0 Å². The summed E-state index contributed by atoms with van der Waals surface area (Å²) in [5.41, 5.74) is -2.44. The van der Waals surface area contributed by atoms with Gasteiger partial charge in [0, 0.05) is 24.2 Å². The third-order valence-electron chi connectivity index (χ3n) is 11.0. The number of nitriles is 1. The van der Waals surface area contributed by atoms with Gasteiger partial charge in [-0.05, 0) is 61.7 Å². The summed E-state index contributed by atoms with van der Waals surface area (Å²) >= 11 is 0. The first-order valence-electron chi connectivity index (χ1n) is 11.5. The van der Waals surface area contributed by atoms with E-state index >= 15 is 0 Å². The zero-order valence-corrected chi connectivity index (χ0v) is 17.6. The van der Waals surface area contributed by atoms with Crippen LogP contribution in [0.1, 0.15) is 65.2 Å². The SMILES string of the molecule is C[C@]12CC(O)C3C(C4CC5(C#N)C(C(=O)CC[C@]35C)C4=O)C1CC[C@@]21CCC(=O)O1. The summed E-state index contributed by atoms with van der Waals surface area (Å²) in [6, 6.07) is 2.47. The van der Waals surface area contributed by atoms with Gasteiger partial charge in [0.15, 0.2) is 0 Å². The molecule has 1 heterocycles. The highest BCUT2D eigenvalue weighted by Gasteiger charge is 2.79. The van der Waals surface area contributed by atoms with Crippen molar-refractivity contribution in [3.63, 3.8) is 0 Å². The maximum atomic E-state index is 13.6. The average Bonchev–Trinajstić information content (AvgIpc) is 3.31. The number of nitrogens with zero attached hydrogens (tertiary/aromatic N) is 1. The third-order valence-corrected chi connectivity index (χ3v) is 11.0. The smallest absolute Gasteiger partial charge is 0.306 e. The van der Waals surface area contributed by atoms with Gasteiger partial charge in [0.1, 0.15) is 17.2 Å². The Hall–Kier alpha value is -1.74. The van der Waals surface area contributed by atoms with Crippen molar-refractivity contribution in [3.8, 4) is 6.07 Å². The van der Waals surface area contributed by atoms with E-state index in [4.69, 9.17) is 4.74 Å². The fourth-order valence-corrected chi connectivity index (χ4v) is 9.73.